The average Bonchev–Trinajstić information content (AvgIpc) is 3.00. The van der Waals surface area contributed by atoms with Gasteiger partial charge >= 0.3 is 0 Å². The Balaban J connectivity index is 1.81. The Morgan fingerprint density at radius 1 is 1.17 bits per heavy atom. The highest BCUT2D eigenvalue weighted by molar-refractivity contribution is 9.10. The summed E-state index contributed by atoms with van der Waals surface area (Å²) in [6.45, 7) is 0. The fourth-order valence-corrected chi connectivity index (χ4v) is 3.16. The lowest BCUT2D eigenvalue weighted by Gasteiger charge is -2.05. The first-order chi connectivity index (χ1) is 11.4. The molecule has 0 fully saturated rings. The number of carbonyl (C=O) groups excluding carboxylic acids is 1. The molecule has 2 aromatic carbocycles. The highest BCUT2D eigenvalue weighted by atomic mass is 79.9. The Labute approximate surface area is 153 Å². The van der Waals surface area contributed by atoms with E-state index >= 15 is 0 Å². The molecule has 0 saturated heterocycles. The summed E-state index contributed by atoms with van der Waals surface area (Å²) in [5.74, 6) is -2.90. The Morgan fingerprint density at radius 2 is 1.83 bits per heavy atom. The first-order valence-electron chi connectivity index (χ1n) is 6.61. The van der Waals surface area contributed by atoms with Gasteiger partial charge in [-0.1, -0.05) is 39.7 Å². The molecule has 1 amide bonds. The molecule has 0 aliphatic carbocycles. The number of benzene rings is 2. The van der Waals surface area contributed by atoms with Crippen LogP contribution in [0.15, 0.2) is 46.3 Å². The van der Waals surface area contributed by atoms with Gasteiger partial charge in [0.15, 0.2) is 16.8 Å². The lowest BCUT2D eigenvalue weighted by Crippen LogP contribution is -2.13. The van der Waals surface area contributed by atoms with Crippen LogP contribution in [0.1, 0.15) is 10.4 Å². The second-order valence-corrected chi connectivity index (χ2v) is 6.93. The third kappa shape index (κ3) is 3.63. The number of rotatable bonds is 3. The topological polar surface area (TPSA) is 42.0 Å². The molecule has 0 aliphatic rings. The van der Waals surface area contributed by atoms with Crippen LogP contribution in [-0.4, -0.2) is 10.9 Å². The maximum atomic E-state index is 13.3. The molecule has 3 nitrogen and oxygen atoms in total. The molecule has 0 aliphatic heterocycles. The number of hydrogen-bond donors (Lipinski definition) is 1. The van der Waals surface area contributed by atoms with Gasteiger partial charge in [-0.15, -0.1) is 11.3 Å². The molecule has 3 rings (SSSR count). The van der Waals surface area contributed by atoms with Crippen molar-refractivity contribution in [2.45, 2.75) is 0 Å². The number of amides is 1. The summed E-state index contributed by atoms with van der Waals surface area (Å²) in [4.78, 5) is 16.5. The van der Waals surface area contributed by atoms with Crippen molar-refractivity contribution in [1.29, 1.82) is 0 Å². The monoisotopic (exact) mass is 428 g/mol. The fraction of sp³-hybridized carbons (Fsp3) is 0. The van der Waals surface area contributed by atoms with E-state index in [4.69, 9.17) is 11.6 Å². The van der Waals surface area contributed by atoms with Crippen LogP contribution >= 0.6 is 38.9 Å². The Bertz CT molecular complexity index is 915. The molecule has 3 aromatic rings. The van der Waals surface area contributed by atoms with Gasteiger partial charge < -0.3 is 0 Å². The molecule has 0 unspecified atom stereocenters. The quantitative estimate of drug-likeness (QED) is 0.538. The van der Waals surface area contributed by atoms with Crippen molar-refractivity contribution >= 4 is 49.9 Å². The summed E-state index contributed by atoms with van der Waals surface area (Å²) in [5, 5.41) is 4.48. The number of anilines is 1. The Hall–Kier alpha value is -1.83. The van der Waals surface area contributed by atoms with E-state index in [9.17, 15) is 13.6 Å². The number of hydrogen-bond acceptors (Lipinski definition) is 3. The lowest BCUT2D eigenvalue weighted by molar-refractivity contribution is 0.102. The van der Waals surface area contributed by atoms with Gasteiger partial charge in [-0.2, -0.15) is 0 Å². The zero-order valence-electron chi connectivity index (χ0n) is 11.8. The van der Waals surface area contributed by atoms with E-state index in [1.807, 2.05) is 24.3 Å². The van der Waals surface area contributed by atoms with Gasteiger partial charge in [0.2, 0.25) is 0 Å². The fourth-order valence-electron chi connectivity index (χ4n) is 1.95. The second kappa shape index (κ2) is 6.96. The lowest BCUT2D eigenvalue weighted by atomic mass is 10.2. The summed E-state index contributed by atoms with van der Waals surface area (Å²) in [5.41, 5.74) is 1.43. The van der Waals surface area contributed by atoms with Crippen molar-refractivity contribution in [3.05, 3.63) is 68.5 Å². The van der Waals surface area contributed by atoms with E-state index in [2.05, 4.69) is 26.2 Å². The standard InChI is InChI=1S/C16H8BrClF2N2OS/c17-9-3-1-8(2-4-9)14-7-24-16(21-14)22-15(23)10-5-12(19)13(20)6-11(10)18/h1-7H,(H,21,22,23). The molecule has 122 valence electrons. The average molecular weight is 430 g/mol. The normalized spacial score (nSPS) is 10.7. The van der Waals surface area contributed by atoms with Crippen LogP contribution in [0, 0.1) is 11.6 Å². The van der Waals surface area contributed by atoms with E-state index in [1.54, 1.807) is 5.38 Å². The number of nitrogens with one attached hydrogen (secondary N) is 1. The van der Waals surface area contributed by atoms with Gasteiger partial charge in [0.05, 0.1) is 16.3 Å². The maximum Gasteiger partial charge on any atom is 0.259 e. The van der Waals surface area contributed by atoms with E-state index in [1.165, 1.54) is 11.3 Å². The van der Waals surface area contributed by atoms with Crippen LogP contribution in [0.3, 0.4) is 0 Å². The highest BCUT2D eigenvalue weighted by Gasteiger charge is 2.16. The van der Waals surface area contributed by atoms with Gasteiger partial charge in [0.25, 0.3) is 5.91 Å². The molecule has 1 N–H and O–H groups in total. The molecule has 0 spiro atoms. The van der Waals surface area contributed by atoms with Gasteiger partial charge in [-0.05, 0) is 24.3 Å². The van der Waals surface area contributed by atoms with Gasteiger partial charge in [-0.3, -0.25) is 10.1 Å². The van der Waals surface area contributed by atoms with Gasteiger partial charge in [0, 0.05) is 15.4 Å². The van der Waals surface area contributed by atoms with Crippen LogP contribution in [-0.2, 0) is 0 Å². The summed E-state index contributed by atoms with van der Waals surface area (Å²) in [6.07, 6.45) is 0. The predicted molar refractivity (Wildman–Crippen MR) is 94.6 cm³/mol. The summed E-state index contributed by atoms with van der Waals surface area (Å²) in [7, 11) is 0. The van der Waals surface area contributed by atoms with Crippen molar-refractivity contribution in [3.8, 4) is 11.3 Å². The molecule has 0 radical (unpaired) electrons. The van der Waals surface area contributed by atoms with Crippen molar-refractivity contribution in [2.75, 3.05) is 5.32 Å². The highest BCUT2D eigenvalue weighted by Crippen LogP contribution is 2.27. The van der Waals surface area contributed by atoms with Crippen molar-refractivity contribution in [3.63, 3.8) is 0 Å². The zero-order chi connectivity index (χ0) is 17.3. The molecular formula is C16H8BrClF2N2OS. The number of halogens is 4. The molecule has 8 heteroatoms. The largest absolute Gasteiger partial charge is 0.298 e. The minimum atomic E-state index is -1.14. The number of nitrogens with zero attached hydrogens (tertiary/aromatic N) is 1. The Kier molecular flexibility index (Phi) is 4.93. The van der Waals surface area contributed by atoms with Crippen LogP contribution < -0.4 is 5.32 Å². The minimum absolute atomic E-state index is 0.157. The van der Waals surface area contributed by atoms with Crippen LogP contribution in [0.4, 0.5) is 13.9 Å². The minimum Gasteiger partial charge on any atom is -0.298 e. The SMILES string of the molecule is O=C(Nc1nc(-c2ccc(Br)cc2)cs1)c1cc(F)c(F)cc1Cl. The maximum absolute atomic E-state index is 13.3. The van der Waals surface area contributed by atoms with E-state index in [-0.39, 0.29) is 10.6 Å². The summed E-state index contributed by atoms with van der Waals surface area (Å²) in [6, 6.07) is 9.06. The third-order valence-corrected chi connectivity index (χ3v) is 4.72. The molecule has 0 bridgehead atoms. The number of thiazole rings is 1. The summed E-state index contributed by atoms with van der Waals surface area (Å²) >= 11 is 10.4. The van der Waals surface area contributed by atoms with Crippen LogP contribution in [0.5, 0.6) is 0 Å². The van der Waals surface area contributed by atoms with E-state index in [0.29, 0.717) is 10.8 Å². The third-order valence-electron chi connectivity index (χ3n) is 3.12. The van der Waals surface area contributed by atoms with Crippen LogP contribution in [0.2, 0.25) is 5.02 Å². The Morgan fingerprint density at radius 3 is 2.54 bits per heavy atom. The molecule has 0 saturated carbocycles. The second-order valence-electron chi connectivity index (χ2n) is 4.75. The molecule has 24 heavy (non-hydrogen) atoms. The predicted octanol–water partition coefficient (Wildman–Crippen LogP) is 5.76. The number of aromatic nitrogens is 1. The molecular weight excluding hydrogens is 422 g/mol. The zero-order valence-corrected chi connectivity index (χ0v) is 15.0. The molecule has 1 heterocycles. The smallest absolute Gasteiger partial charge is 0.259 e. The van der Waals surface area contributed by atoms with Gasteiger partial charge in [0.1, 0.15) is 0 Å². The first kappa shape index (κ1) is 17.0. The molecule has 1 aromatic heterocycles. The van der Waals surface area contributed by atoms with E-state index < -0.39 is 17.5 Å². The molecule has 0 atom stereocenters. The van der Waals surface area contributed by atoms with Crippen molar-refractivity contribution in [1.82, 2.24) is 4.98 Å². The number of carbonyl (C=O) groups is 1. The van der Waals surface area contributed by atoms with Crippen LogP contribution in [0.25, 0.3) is 11.3 Å². The van der Waals surface area contributed by atoms with E-state index in [0.717, 1.165) is 22.2 Å². The van der Waals surface area contributed by atoms with Gasteiger partial charge in [-0.25, -0.2) is 13.8 Å². The van der Waals surface area contributed by atoms with Crippen molar-refractivity contribution < 1.29 is 13.6 Å². The summed E-state index contributed by atoms with van der Waals surface area (Å²) < 4.78 is 27.3. The first-order valence-corrected chi connectivity index (χ1v) is 8.66. The van der Waals surface area contributed by atoms with Crippen molar-refractivity contribution in [2.24, 2.45) is 0 Å².